The number of rotatable bonds is 4. The SMILES string of the molecule is CCCn1nnn(-c2cccc(NC(C)=O)c2)c1=O. The van der Waals surface area contributed by atoms with Crippen LogP contribution in [-0.2, 0) is 11.3 Å². The molecule has 7 heteroatoms. The zero-order valence-electron chi connectivity index (χ0n) is 10.8. The van der Waals surface area contributed by atoms with Crippen LogP contribution in [0.5, 0.6) is 0 Å². The maximum Gasteiger partial charge on any atom is 0.368 e. The number of nitrogens with zero attached hydrogens (tertiary/aromatic N) is 4. The lowest BCUT2D eigenvalue weighted by Gasteiger charge is -2.04. The van der Waals surface area contributed by atoms with Crippen molar-refractivity contribution in [2.24, 2.45) is 0 Å². The maximum absolute atomic E-state index is 12.0. The number of carbonyl (C=O) groups is 1. The number of tetrazole rings is 1. The minimum atomic E-state index is -0.290. The molecule has 2 rings (SSSR count). The highest BCUT2D eigenvalue weighted by atomic mass is 16.2. The Morgan fingerprint density at radius 1 is 1.37 bits per heavy atom. The molecule has 0 spiro atoms. The molecule has 1 aromatic carbocycles. The van der Waals surface area contributed by atoms with Crippen molar-refractivity contribution in [3.05, 3.63) is 34.7 Å². The highest BCUT2D eigenvalue weighted by Gasteiger charge is 2.08. The third kappa shape index (κ3) is 2.87. The first-order valence-electron chi connectivity index (χ1n) is 6.02. The van der Waals surface area contributed by atoms with Crippen molar-refractivity contribution < 1.29 is 4.79 Å². The van der Waals surface area contributed by atoms with Crippen molar-refractivity contribution in [1.82, 2.24) is 19.8 Å². The van der Waals surface area contributed by atoms with Crippen molar-refractivity contribution in [2.75, 3.05) is 5.32 Å². The molecule has 0 aliphatic rings. The van der Waals surface area contributed by atoms with Crippen molar-refractivity contribution in [3.8, 4) is 5.69 Å². The standard InChI is InChI=1S/C12H15N5O2/c1-3-7-16-12(19)17(15-14-16)11-6-4-5-10(8-11)13-9(2)18/h4-6,8H,3,7H2,1-2H3,(H,13,18). The minimum Gasteiger partial charge on any atom is -0.326 e. The van der Waals surface area contributed by atoms with E-state index in [9.17, 15) is 9.59 Å². The zero-order chi connectivity index (χ0) is 13.8. The number of amides is 1. The van der Waals surface area contributed by atoms with Crippen LogP contribution in [0.2, 0.25) is 0 Å². The van der Waals surface area contributed by atoms with E-state index in [0.717, 1.165) is 6.42 Å². The summed E-state index contributed by atoms with van der Waals surface area (Å²) in [5.74, 6) is -0.167. The zero-order valence-corrected chi connectivity index (χ0v) is 10.8. The van der Waals surface area contributed by atoms with E-state index in [1.165, 1.54) is 16.3 Å². The van der Waals surface area contributed by atoms with Crippen LogP contribution in [0.4, 0.5) is 5.69 Å². The Hall–Kier alpha value is -2.44. The fraction of sp³-hybridized carbons (Fsp3) is 0.333. The molecule has 1 amide bonds. The monoisotopic (exact) mass is 261 g/mol. The van der Waals surface area contributed by atoms with Crippen LogP contribution in [0.1, 0.15) is 20.3 Å². The number of anilines is 1. The summed E-state index contributed by atoms with van der Waals surface area (Å²) in [6, 6.07) is 6.89. The van der Waals surface area contributed by atoms with Crippen molar-refractivity contribution >= 4 is 11.6 Å². The van der Waals surface area contributed by atoms with Gasteiger partial charge in [0, 0.05) is 19.2 Å². The molecule has 0 unspecified atom stereocenters. The summed E-state index contributed by atoms with van der Waals surface area (Å²) in [6.45, 7) is 3.92. The van der Waals surface area contributed by atoms with Crippen LogP contribution in [0, 0.1) is 0 Å². The number of nitrogens with one attached hydrogen (secondary N) is 1. The summed E-state index contributed by atoms with van der Waals surface area (Å²) < 4.78 is 2.52. The predicted octanol–water partition coefficient (Wildman–Crippen LogP) is 0.797. The molecule has 0 aliphatic carbocycles. The molecule has 19 heavy (non-hydrogen) atoms. The molecular weight excluding hydrogens is 246 g/mol. The van der Waals surface area contributed by atoms with Gasteiger partial charge in [0.15, 0.2) is 0 Å². The molecule has 0 radical (unpaired) electrons. The number of hydrogen-bond acceptors (Lipinski definition) is 4. The molecule has 0 saturated carbocycles. The molecule has 1 heterocycles. The van der Waals surface area contributed by atoms with Gasteiger partial charge in [0.25, 0.3) is 0 Å². The summed E-state index contributed by atoms with van der Waals surface area (Å²) in [5, 5.41) is 10.3. The van der Waals surface area contributed by atoms with E-state index in [0.29, 0.717) is 17.9 Å². The molecule has 0 bridgehead atoms. The molecule has 2 aromatic rings. The lowest BCUT2D eigenvalue weighted by Crippen LogP contribution is -2.24. The molecule has 0 saturated heterocycles. The topological polar surface area (TPSA) is 81.8 Å². The fourth-order valence-corrected chi connectivity index (χ4v) is 1.71. The Morgan fingerprint density at radius 2 is 2.16 bits per heavy atom. The molecule has 1 aromatic heterocycles. The third-order valence-corrected chi connectivity index (χ3v) is 2.49. The highest BCUT2D eigenvalue weighted by Crippen LogP contribution is 2.12. The second-order valence-electron chi connectivity index (χ2n) is 4.13. The van der Waals surface area contributed by atoms with Gasteiger partial charge in [-0.25, -0.2) is 4.79 Å². The van der Waals surface area contributed by atoms with Gasteiger partial charge in [-0.1, -0.05) is 13.0 Å². The maximum atomic E-state index is 12.0. The Morgan fingerprint density at radius 3 is 2.84 bits per heavy atom. The average Bonchev–Trinajstić information content (AvgIpc) is 2.71. The predicted molar refractivity (Wildman–Crippen MR) is 70.2 cm³/mol. The second kappa shape index (κ2) is 5.47. The van der Waals surface area contributed by atoms with Gasteiger partial charge in [0.05, 0.1) is 5.69 Å². The molecule has 100 valence electrons. The first-order valence-corrected chi connectivity index (χ1v) is 6.02. The fourth-order valence-electron chi connectivity index (χ4n) is 1.71. The van der Waals surface area contributed by atoms with E-state index in [1.807, 2.05) is 6.92 Å². The van der Waals surface area contributed by atoms with Crippen molar-refractivity contribution in [2.45, 2.75) is 26.8 Å². The normalized spacial score (nSPS) is 10.4. The Balaban J connectivity index is 2.36. The van der Waals surface area contributed by atoms with Gasteiger partial charge in [-0.3, -0.25) is 4.79 Å². The first kappa shape index (κ1) is 13.0. The highest BCUT2D eigenvalue weighted by molar-refractivity contribution is 5.88. The van der Waals surface area contributed by atoms with Gasteiger partial charge in [-0.15, -0.1) is 0 Å². The Labute approximate surface area is 109 Å². The largest absolute Gasteiger partial charge is 0.368 e. The van der Waals surface area contributed by atoms with Crippen LogP contribution in [0.15, 0.2) is 29.1 Å². The van der Waals surface area contributed by atoms with E-state index >= 15 is 0 Å². The van der Waals surface area contributed by atoms with Crippen molar-refractivity contribution in [3.63, 3.8) is 0 Å². The smallest absolute Gasteiger partial charge is 0.326 e. The van der Waals surface area contributed by atoms with Gasteiger partial charge < -0.3 is 5.32 Å². The van der Waals surface area contributed by atoms with E-state index in [-0.39, 0.29) is 11.6 Å². The van der Waals surface area contributed by atoms with E-state index in [4.69, 9.17) is 0 Å². The lowest BCUT2D eigenvalue weighted by molar-refractivity contribution is -0.114. The summed E-state index contributed by atoms with van der Waals surface area (Å²) in [5.41, 5.74) is 0.891. The molecule has 7 nitrogen and oxygen atoms in total. The van der Waals surface area contributed by atoms with Gasteiger partial charge >= 0.3 is 5.69 Å². The molecule has 0 aliphatic heterocycles. The minimum absolute atomic E-state index is 0.167. The number of aromatic nitrogens is 4. The summed E-state index contributed by atoms with van der Waals surface area (Å²) >= 11 is 0. The average molecular weight is 261 g/mol. The van der Waals surface area contributed by atoms with Crippen LogP contribution in [-0.4, -0.2) is 25.7 Å². The number of benzene rings is 1. The van der Waals surface area contributed by atoms with Gasteiger partial charge in [-0.05, 0) is 35.0 Å². The van der Waals surface area contributed by atoms with Crippen LogP contribution in [0.25, 0.3) is 5.69 Å². The second-order valence-corrected chi connectivity index (χ2v) is 4.13. The van der Waals surface area contributed by atoms with E-state index < -0.39 is 0 Å². The Bertz CT molecular complexity index is 644. The van der Waals surface area contributed by atoms with Crippen molar-refractivity contribution in [1.29, 1.82) is 0 Å². The summed E-state index contributed by atoms with van der Waals surface area (Å²) in [6.07, 6.45) is 0.810. The van der Waals surface area contributed by atoms with Crippen LogP contribution < -0.4 is 11.0 Å². The van der Waals surface area contributed by atoms with Gasteiger partial charge in [-0.2, -0.15) is 9.36 Å². The first-order chi connectivity index (χ1) is 9.11. The van der Waals surface area contributed by atoms with Crippen LogP contribution >= 0.6 is 0 Å². The molecular formula is C12H15N5O2. The number of aryl methyl sites for hydroxylation is 1. The molecule has 1 N–H and O–H groups in total. The quantitative estimate of drug-likeness (QED) is 0.882. The number of hydrogen-bond donors (Lipinski definition) is 1. The van der Waals surface area contributed by atoms with Crippen LogP contribution in [0.3, 0.4) is 0 Å². The van der Waals surface area contributed by atoms with Gasteiger partial charge in [0.2, 0.25) is 5.91 Å². The Kier molecular flexibility index (Phi) is 3.74. The number of carbonyl (C=O) groups excluding carboxylic acids is 1. The van der Waals surface area contributed by atoms with E-state index in [2.05, 4.69) is 15.7 Å². The molecule has 0 fully saturated rings. The van der Waals surface area contributed by atoms with Gasteiger partial charge in [0.1, 0.15) is 0 Å². The third-order valence-electron chi connectivity index (χ3n) is 2.49. The molecule has 0 atom stereocenters. The summed E-state index contributed by atoms with van der Waals surface area (Å²) in [7, 11) is 0. The lowest BCUT2D eigenvalue weighted by atomic mass is 10.3. The summed E-state index contributed by atoms with van der Waals surface area (Å²) in [4.78, 5) is 23.0. The van der Waals surface area contributed by atoms with E-state index in [1.54, 1.807) is 24.3 Å².